The molecule has 1 saturated heterocycles. The number of amides is 1. The van der Waals surface area contributed by atoms with Crippen LogP contribution in [0.5, 0.6) is 0 Å². The van der Waals surface area contributed by atoms with Gasteiger partial charge in [0.2, 0.25) is 0 Å². The van der Waals surface area contributed by atoms with Crippen LogP contribution < -0.4 is 5.32 Å². The molecule has 112 valence electrons. The van der Waals surface area contributed by atoms with Gasteiger partial charge < -0.3 is 9.73 Å². The van der Waals surface area contributed by atoms with Gasteiger partial charge in [-0.15, -0.1) is 0 Å². The smallest absolute Gasteiger partial charge is 0.254 e. The van der Waals surface area contributed by atoms with Crippen LogP contribution in [0, 0.1) is 13.8 Å². The van der Waals surface area contributed by atoms with E-state index in [0.29, 0.717) is 17.9 Å². The molecule has 0 radical (unpaired) electrons. The maximum atomic E-state index is 12.3. The van der Waals surface area contributed by atoms with Gasteiger partial charge in [-0.2, -0.15) is 11.3 Å². The molecule has 1 aliphatic rings. The molecule has 4 nitrogen and oxygen atoms in total. The first kappa shape index (κ1) is 14.4. The Hall–Kier alpha value is -1.59. The monoisotopic (exact) mass is 304 g/mol. The van der Waals surface area contributed by atoms with Gasteiger partial charge in [0, 0.05) is 19.6 Å². The summed E-state index contributed by atoms with van der Waals surface area (Å²) >= 11 is 1.70. The molecule has 0 bridgehead atoms. The van der Waals surface area contributed by atoms with Gasteiger partial charge >= 0.3 is 0 Å². The summed E-state index contributed by atoms with van der Waals surface area (Å²) in [5, 5.41) is 7.31. The molecule has 1 fully saturated rings. The van der Waals surface area contributed by atoms with E-state index < -0.39 is 0 Å². The molecule has 3 rings (SSSR count). The van der Waals surface area contributed by atoms with Gasteiger partial charge in [0.15, 0.2) is 0 Å². The first-order valence-corrected chi connectivity index (χ1v) is 8.21. The molecular formula is C16H20N2O2S. The van der Waals surface area contributed by atoms with E-state index in [4.69, 9.17) is 4.42 Å². The molecule has 1 amide bonds. The normalized spacial score (nSPS) is 16.5. The molecule has 5 heteroatoms. The Morgan fingerprint density at radius 2 is 2.29 bits per heavy atom. The Morgan fingerprint density at radius 1 is 1.48 bits per heavy atom. The zero-order valence-corrected chi connectivity index (χ0v) is 13.2. The minimum Gasteiger partial charge on any atom is -0.466 e. The molecule has 2 aromatic heterocycles. The molecule has 0 saturated carbocycles. The Morgan fingerprint density at radius 3 is 2.81 bits per heavy atom. The molecular weight excluding hydrogens is 284 g/mol. The molecule has 0 aliphatic carbocycles. The first-order valence-electron chi connectivity index (χ1n) is 7.26. The van der Waals surface area contributed by atoms with Crippen molar-refractivity contribution in [2.24, 2.45) is 0 Å². The van der Waals surface area contributed by atoms with E-state index in [1.54, 1.807) is 17.4 Å². The number of rotatable bonds is 5. The SMILES string of the molecule is Cc1cc(C(=O)NC[C@H](c2ccsc2)N2CCC2)c(C)o1. The number of aryl methyl sites for hydroxylation is 2. The molecule has 2 aromatic rings. The highest BCUT2D eigenvalue weighted by Gasteiger charge is 2.26. The van der Waals surface area contributed by atoms with Gasteiger partial charge in [-0.1, -0.05) is 0 Å². The summed E-state index contributed by atoms with van der Waals surface area (Å²) in [6.07, 6.45) is 1.24. The molecule has 1 atom stereocenters. The van der Waals surface area contributed by atoms with E-state index in [1.807, 2.05) is 13.8 Å². The molecule has 1 N–H and O–H groups in total. The summed E-state index contributed by atoms with van der Waals surface area (Å²) in [5.41, 5.74) is 1.93. The average molecular weight is 304 g/mol. The van der Waals surface area contributed by atoms with Crippen LogP contribution >= 0.6 is 11.3 Å². The summed E-state index contributed by atoms with van der Waals surface area (Å²) in [6.45, 7) is 6.55. The quantitative estimate of drug-likeness (QED) is 0.923. The van der Waals surface area contributed by atoms with Crippen molar-refractivity contribution in [3.8, 4) is 0 Å². The summed E-state index contributed by atoms with van der Waals surface area (Å²) in [5.74, 6) is 1.40. The fourth-order valence-corrected chi connectivity index (χ4v) is 3.42. The Bertz CT molecular complexity index is 614. The van der Waals surface area contributed by atoms with E-state index in [2.05, 4.69) is 27.0 Å². The standard InChI is InChI=1S/C16H20N2O2S/c1-11-8-14(12(2)20-11)16(19)17-9-15(18-5-3-6-18)13-4-7-21-10-13/h4,7-8,10,15H,3,5-6,9H2,1-2H3,(H,17,19)/t15-/m1/s1. The Kier molecular flexibility index (Phi) is 4.12. The average Bonchev–Trinajstić information content (AvgIpc) is 3.01. The van der Waals surface area contributed by atoms with Crippen molar-refractivity contribution in [1.29, 1.82) is 0 Å². The summed E-state index contributed by atoms with van der Waals surface area (Å²) in [7, 11) is 0. The summed E-state index contributed by atoms with van der Waals surface area (Å²) < 4.78 is 5.42. The lowest BCUT2D eigenvalue weighted by Crippen LogP contribution is -2.45. The largest absolute Gasteiger partial charge is 0.466 e. The maximum absolute atomic E-state index is 12.3. The van der Waals surface area contributed by atoms with Crippen LogP contribution in [0.4, 0.5) is 0 Å². The van der Waals surface area contributed by atoms with Crippen molar-refractivity contribution in [2.45, 2.75) is 26.3 Å². The van der Waals surface area contributed by atoms with E-state index in [0.717, 1.165) is 18.8 Å². The van der Waals surface area contributed by atoms with Crippen LogP contribution in [0.15, 0.2) is 27.3 Å². The van der Waals surface area contributed by atoms with Gasteiger partial charge in [-0.05, 0) is 48.7 Å². The number of nitrogens with zero attached hydrogens (tertiary/aromatic N) is 1. The first-order chi connectivity index (χ1) is 10.1. The number of thiophene rings is 1. The van der Waals surface area contributed by atoms with Crippen LogP contribution in [0.3, 0.4) is 0 Å². The molecule has 0 spiro atoms. The number of carbonyl (C=O) groups is 1. The predicted octanol–water partition coefficient (Wildman–Crippen LogP) is 3.13. The maximum Gasteiger partial charge on any atom is 0.254 e. The van der Waals surface area contributed by atoms with Gasteiger partial charge in [-0.3, -0.25) is 9.69 Å². The highest BCUT2D eigenvalue weighted by molar-refractivity contribution is 7.07. The molecule has 0 aromatic carbocycles. The zero-order valence-electron chi connectivity index (χ0n) is 12.4. The number of hydrogen-bond acceptors (Lipinski definition) is 4. The number of hydrogen-bond donors (Lipinski definition) is 1. The highest BCUT2D eigenvalue weighted by Crippen LogP contribution is 2.26. The second-order valence-electron chi connectivity index (χ2n) is 5.50. The summed E-state index contributed by atoms with van der Waals surface area (Å²) in [4.78, 5) is 14.7. The Balaban J connectivity index is 1.67. The lowest BCUT2D eigenvalue weighted by Gasteiger charge is -2.38. The van der Waals surface area contributed by atoms with Crippen molar-refractivity contribution < 1.29 is 9.21 Å². The van der Waals surface area contributed by atoms with Crippen LogP contribution in [0.2, 0.25) is 0 Å². The fourth-order valence-electron chi connectivity index (χ4n) is 2.72. The van der Waals surface area contributed by atoms with Crippen molar-refractivity contribution in [3.63, 3.8) is 0 Å². The van der Waals surface area contributed by atoms with E-state index in [-0.39, 0.29) is 11.9 Å². The predicted molar refractivity (Wildman–Crippen MR) is 83.8 cm³/mol. The van der Waals surface area contributed by atoms with Crippen LogP contribution in [-0.2, 0) is 0 Å². The zero-order chi connectivity index (χ0) is 14.8. The second kappa shape index (κ2) is 6.03. The van der Waals surface area contributed by atoms with Gasteiger partial charge in [-0.25, -0.2) is 0 Å². The third-order valence-corrected chi connectivity index (χ3v) is 4.70. The van der Waals surface area contributed by atoms with Crippen molar-refractivity contribution >= 4 is 17.2 Å². The molecule has 0 unspecified atom stereocenters. The van der Waals surface area contributed by atoms with Crippen LogP contribution in [-0.4, -0.2) is 30.4 Å². The third kappa shape index (κ3) is 3.04. The number of carbonyl (C=O) groups excluding carboxylic acids is 1. The lowest BCUT2D eigenvalue weighted by molar-refractivity contribution is 0.0884. The molecule has 21 heavy (non-hydrogen) atoms. The van der Waals surface area contributed by atoms with E-state index in [1.165, 1.54) is 12.0 Å². The van der Waals surface area contributed by atoms with E-state index >= 15 is 0 Å². The second-order valence-corrected chi connectivity index (χ2v) is 6.28. The van der Waals surface area contributed by atoms with Gasteiger partial charge in [0.25, 0.3) is 5.91 Å². The third-order valence-electron chi connectivity index (χ3n) is 4.00. The number of furan rings is 1. The van der Waals surface area contributed by atoms with Gasteiger partial charge in [0.1, 0.15) is 11.5 Å². The highest BCUT2D eigenvalue weighted by atomic mass is 32.1. The number of nitrogens with one attached hydrogen (secondary N) is 1. The van der Waals surface area contributed by atoms with Crippen LogP contribution in [0.25, 0.3) is 0 Å². The minimum atomic E-state index is -0.0508. The number of likely N-dealkylation sites (tertiary alicyclic amines) is 1. The van der Waals surface area contributed by atoms with Gasteiger partial charge in [0.05, 0.1) is 11.6 Å². The topological polar surface area (TPSA) is 45.5 Å². The van der Waals surface area contributed by atoms with Crippen molar-refractivity contribution in [3.05, 3.63) is 45.5 Å². The Labute approximate surface area is 128 Å². The summed E-state index contributed by atoms with van der Waals surface area (Å²) in [6, 6.07) is 4.23. The van der Waals surface area contributed by atoms with Crippen LogP contribution in [0.1, 0.15) is 39.9 Å². The van der Waals surface area contributed by atoms with E-state index in [9.17, 15) is 4.79 Å². The molecule has 1 aliphatic heterocycles. The fraction of sp³-hybridized carbons (Fsp3) is 0.438. The van der Waals surface area contributed by atoms with Crippen molar-refractivity contribution in [2.75, 3.05) is 19.6 Å². The minimum absolute atomic E-state index is 0.0508. The lowest BCUT2D eigenvalue weighted by atomic mass is 10.0. The molecule has 3 heterocycles. The van der Waals surface area contributed by atoms with Crippen molar-refractivity contribution in [1.82, 2.24) is 10.2 Å².